The van der Waals surface area contributed by atoms with Crippen molar-refractivity contribution >= 4 is 36.4 Å². The second-order valence-electron chi connectivity index (χ2n) is 6.10. The van der Waals surface area contributed by atoms with Gasteiger partial charge in [0.2, 0.25) is 17.8 Å². The van der Waals surface area contributed by atoms with E-state index in [9.17, 15) is 9.90 Å². The average molecular weight is 415 g/mol. The van der Waals surface area contributed by atoms with Gasteiger partial charge in [-0.3, -0.25) is 0 Å². The third kappa shape index (κ3) is 7.59. The summed E-state index contributed by atoms with van der Waals surface area (Å²) in [6, 6.07) is -0.652. The Bertz CT molecular complexity index is 626. The standard InChI is InChI=1S/C17H27N7O2S.Na/c1-3-7-18-15-21-16(19-8-4-2)23-17(22-15)24-9-5-12(6-10-24)20-13(11-27)14(25)26;/h3-4,12-13,20,27H,1-2,5-11H2,(H,25,26)(H2,18,19,21,22,23);/q;+1/p-1/t13-;/m0./s1. The second kappa shape index (κ2) is 13.0. The number of carboxylic acid groups (broad SMARTS) is 1. The molecule has 2 rings (SSSR count). The number of nitrogens with zero attached hydrogens (tertiary/aromatic N) is 4. The Hall–Kier alpha value is -1.33. The van der Waals surface area contributed by atoms with Gasteiger partial charge in [-0.05, 0) is 12.8 Å². The zero-order valence-corrected chi connectivity index (χ0v) is 19.1. The van der Waals surface area contributed by atoms with Crippen LogP contribution in [0.4, 0.5) is 17.8 Å². The van der Waals surface area contributed by atoms with Crippen molar-refractivity contribution in [2.24, 2.45) is 0 Å². The summed E-state index contributed by atoms with van der Waals surface area (Å²) >= 11 is 4.06. The fourth-order valence-electron chi connectivity index (χ4n) is 2.72. The molecule has 148 valence electrons. The fraction of sp³-hybridized carbons (Fsp3) is 0.529. The molecule has 11 heteroatoms. The van der Waals surface area contributed by atoms with Crippen molar-refractivity contribution in [3.05, 3.63) is 25.3 Å². The van der Waals surface area contributed by atoms with E-state index in [1.165, 1.54) is 0 Å². The predicted octanol–water partition coefficient (Wildman–Crippen LogP) is -3.32. The van der Waals surface area contributed by atoms with Crippen LogP contribution in [0, 0.1) is 0 Å². The molecule has 1 fully saturated rings. The normalized spacial score (nSPS) is 15.2. The molecule has 0 bridgehead atoms. The molecule has 3 N–H and O–H groups in total. The summed E-state index contributed by atoms with van der Waals surface area (Å²) in [7, 11) is 0. The predicted molar refractivity (Wildman–Crippen MR) is 108 cm³/mol. The van der Waals surface area contributed by atoms with Crippen LogP contribution in [0.25, 0.3) is 0 Å². The van der Waals surface area contributed by atoms with E-state index in [2.05, 4.69) is 61.6 Å². The first-order valence-electron chi connectivity index (χ1n) is 8.85. The molecular weight excluding hydrogens is 389 g/mol. The first-order valence-corrected chi connectivity index (χ1v) is 9.49. The number of aliphatic carboxylic acids is 1. The Morgan fingerprint density at radius 1 is 1.18 bits per heavy atom. The quantitative estimate of drug-likeness (QED) is 0.167. The summed E-state index contributed by atoms with van der Waals surface area (Å²) in [5.41, 5.74) is 0. The van der Waals surface area contributed by atoms with E-state index in [0.29, 0.717) is 44.0 Å². The van der Waals surface area contributed by atoms with Crippen LogP contribution in [0.3, 0.4) is 0 Å². The van der Waals surface area contributed by atoms with Crippen molar-refractivity contribution in [2.75, 3.05) is 47.5 Å². The van der Waals surface area contributed by atoms with Gasteiger partial charge in [-0.25, -0.2) is 0 Å². The molecule has 28 heavy (non-hydrogen) atoms. The van der Waals surface area contributed by atoms with E-state index in [1.807, 2.05) is 0 Å². The van der Waals surface area contributed by atoms with Gasteiger partial charge in [-0.2, -0.15) is 27.6 Å². The molecule has 0 saturated carbocycles. The van der Waals surface area contributed by atoms with E-state index in [1.54, 1.807) is 12.2 Å². The SMILES string of the molecule is C=CCNc1nc(NCC=C)nc(N2CCC(N[C@@H](CS)C(=O)[O-])CC2)n1.[Na+]. The number of rotatable bonds is 11. The summed E-state index contributed by atoms with van der Waals surface area (Å²) in [6.45, 7) is 9.86. The molecule has 2 heterocycles. The molecular formula is C17H26N7NaO2S. The zero-order chi connectivity index (χ0) is 19.6. The minimum atomic E-state index is -1.12. The van der Waals surface area contributed by atoms with Gasteiger partial charge in [0, 0.05) is 38.0 Å². The Balaban J connectivity index is 0.00000392. The van der Waals surface area contributed by atoms with Gasteiger partial charge in [0.15, 0.2) is 0 Å². The topological polar surface area (TPSA) is 118 Å². The molecule has 1 atom stereocenters. The Labute approximate surface area is 193 Å². The number of carbonyl (C=O) groups is 1. The molecule has 0 spiro atoms. The summed E-state index contributed by atoms with van der Waals surface area (Å²) < 4.78 is 0. The van der Waals surface area contributed by atoms with Crippen LogP contribution < -0.4 is 55.5 Å². The van der Waals surface area contributed by atoms with Crippen LogP contribution in [0.1, 0.15) is 12.8 Å². The van der Waals surface area contributed by atoms with Crippen LogP contribution in [0.5, 0.6) is 0 Å². The Kier molecular flexibility index (Phi) is 11.5. The largest absolute Gasteiger partial charge is 1.00 e. The van der Waals surface area contributed by atoms with Crippen molar-refractivity contribution in [3.8, 4) is 0 Å². The fourth-order valence-corrected chi connectivity index (χ4v) is 2.97. The third-order valence-electron chi connectivity index (χ3n) is 4.11. The van der Waals surface area contributed by atoms with Gasteiger partial charge >= 0.3 is 29.6 Å². The zero-order valence-electron chi connectivity index (χ0n) is 16.2. The first kappa shape index (κ1) is 24.7. The van der Waals surface area contributed by atoms with E-state index in [4.69, 9.17) is 0 Å². The van der Waals surface area contributed by atoms with E-state index in [-0.39, 0.29) is 41.4 Å². The van der Waals surface area contributed by atoms with Gasteiger partial charge in [0.05, 0.1) is 12.0 Å². The van der Waals surface area contributed by atoms with Crippen molar-refractivity contribution in [3.63, 3.8) is 0 Å². The number of hydrogen-bond donors (Lipinski definition) is 4. The summed E-state index contributed by atoms with van der Waals surface area (Å²) in [4.78, 5) is 26.4. The van der Waals surface area contributed by atoms with Crippen LogP contribution in [0.15, 0.2) is 25.3 Å². The number of carbonyl (C=O) groups excluding carboxylic acids is 1. The maximum atomic E-state index is 11.0. The second-order valence-corrected chi connectivity index (χ2v) is 6.47. The Morgan fingerprint density at radius 3 is 2.14 bits per heavy atom. The monoisotopic (exact) mass is 415 g/mol. The maximum absolute atomic E-state index is 11.0. The van der Waals surface area contributed by atoms with Crippen LogP contribution in [-0.2, 0) is 4.79 Å². The van der Waals surface area contributed by atoms with Gasteiger partial charge in [-0.1, -0.05) is 12.2 Å². The summed E-state index contributed by atoms with van der Waals surface area (Å²) in [6.07, 6.45) is 5.00. The van der Waals surface area contributed by atoms with Crippen molar-refractivity contribution in [2.45, 2.75) is 24.9 Å². The van der Waals surface area contributed by atoms with Gasteiger partial charge in [0.1, 0.15) is 0 Å². The molecule has 9 nitrogen and oxygen atoms in total. The average Bonchev–Trinajstić information content (AvgIpc) is 2.69. The van der Waals surface area contributed by atoms with Gasteiger partial charge in [-0.15, -0.1) is 13.2 Å². The molecule has 0 aromatic carbocycles. The number of hydrogen-bond acceptors (Lipinski definition) is 10. The molecule has 1 saturated heterocycles. The van der Waals surface area contributed by atoms with E-state index in [0.717, 1.165) is 12.8 Å². The number of carboxylic acids is 1. The van der Waals surface area contributed by atoms with E-state index < -0.39 is 12.0 Å². The van der Waals surface area contributed by atoms with E-state index >= 15 is 0 Å². The molecule has 1 aliphatic rings. The summed E-state index contributed by atoms with van der Waals surface area (Å²) in [5, 5.41) is 20.3. The first-order chi connectivity index (χ1) is 13.1. The number of nitrogens with one attached hydrogen (secondary N) is 3. The van der Waals surface area contributed by atoms with Crippen LogP contribution in [0.2, 0.25) is 0 Å². The summed E-state index contributed by atoms with van der Waals surface area (Å²) in [5.74, 6) is 0.595. The molecule has 0 radical (unpaired) electrons. The van der Waals surface area contributed by atoms with Crippen LogP contribution in [-0.4, -0.2) is 64.9 Å². The molecule has 1 aromatic heterocycles. The van der Waals surface area contributed by atoms with Gasteiger partial charge < -0.3 is 30.8 Å². The van der Waals surface area contributed by atoms with Crippen molar-refractivity contribution in [1.29, 1.82) is 0 Å². The minimum Gasteiger partial charge on any atom is -0.548 e. The maximum Gasteiger partial charge on any atom is 1.00 e. The number of aromatic nitrogens is 3. The van der Waals surface area contributed by atoms with Crippen molar-refractivity contribution < 1.29 is 39.5 Å². The minimum absolute atomic E-state index is 0. The van der Waals surface area contributed by atoms with Crippen molar-refractivity contribution in [1.82, 2.24) is 20.3 Å². The molecule has 1 aromatic rings. The van der Waals surface area contributed by atoms with Crippen LogP contribution >= 0.6 is 12.6 Å². The molecule has 0 aliphatic carbocycles. The molecule has 1 aliphatic heterocycles. The third-order valence-corrected chi connectivity index (χ3v) is 4.48. The molecule has 0 unspecified atom stereocenters. The smallest absolute Gasteiger partial charge is 0.548 e. The Morgan fingerprint density at radius 2 is 1.71 bits per heavy atom. The number of thiol groups is 1. The number of anilines is 3. The molecule has 0 amide bonds. The van der Waals surface area contributed by atoms with Gasteiger partial charge in [0.25, 0.3) is 0 Å². The number of piperidine rings is 1.